The van der Waals surface area contributed by atoms with Crippen molar-refractivity contribution in [2.75, 3.05) is 31.7 Å². The van der Waals surface area contributed by atoms with Crippen LogP contribution in [0.15, 0.2) is 48.5 Å². The lowest BCUT2D eigenvalue weighted by Crippen LogP contribution is -2.50. The van der Waals surface area contributed by atoms with Crippen LogP contribution in [0.25, 0.3) is 11.1 Å². The molecule has 2 aliphatic carbocycles. The minimum Gasteiger partial charge on any atom is -0.481 e. The first-order valence-corrected chi connectivity index (χ1v) is 13.5. The molecule has 0 aromatic heterocycles. The predicted molar refractivity (Wildman–Crippen MR) is 137 cm³/mol. The maximum atomic E-state index is 13.3. The number of carboxylic acids is 1. The number of hydrogen-bond donors (Lipinski definition) is 2. The van der Waals surface area contributed by atoms with Gasteiger partial charge in [0.25, 0.3) is 0 Å². The molecule has 2 aliphatic rings. The van der Waals surface area contributed by atoms with Crippen LogP contribution >= 0.6 is 11.8 Å². The van der Waals surface area contributed by atoms with Gasteiger partial charge in [0, 0.05) is 19.0 Å². The van der Waals surface area contributed by atoms with Crippen molar-refractivity contribution in [1.29, 1.82) is 0 Å². The number of nitrogens with one attached hydrogen (secondary N) is 1. The van der Waals surface area contributed by atoms with Crippen LogP contribution < -0.4 is 5.32 Å². The van der Waals surface area contributed by atoms with Gasteiger partial charge in [-0.1, -0.05) is 48.5 Å². The van der Waals surface area contributed by atoms with E-state index in [-0.39, 0.29) is 31.4 Å². The van der Waals surface area contributed by atoms with Crippen molar-refractivity contribution >= 4 is 29.7 Å². The van der Waals surface area contributed by atoms with Gasteiger partial charge in [-0.25, -0.2) is 4.79 Å². The highest BCUT2D eigenvalue weighted by molar-refractivity contribution is 7.98. The lowest BCUT2D eigenvalue weighted by atomic mass is 9.98. The minimum absolute atomic E-state index is 0.0598. The summed E-state index contributed by atoms with van der Waals surface area (Å²) in [5, 5.41) is 11.9. The Hall–Kier alpha value is -3.00. The molecule has 8 heteroatoms. The molecular weight excluding hydrogens is 464 g/mol. The van der Waals surface area contributed by atoms with Crippen molar-refractivity contribution in [2.45, 2.75) is 37.6 Å². The summed E-state index contributed by atoms with van der Waals surface area (Å²) in [6.07, 6.45) is 3.76. The SMILES string of the molecule is CSCC[C@@H](NC(=O)OCC1c2ccccc2-c2ccccc21)C(=O)N(CCC(=O)O)CC1CC1. The molecule has 0 heterocycles. The number of hydrogen-bond acceptors (Lipinski definition) is 5. The number of thioether (sulfide) groups is 1. The molecule has 1 atom stereocenters. The first-order valence-electron chi connectivity index (χ1n) is 12.1. The fourth-order valence-corrected chi connectivity index (χ4v) is 5.10. The normalized spacial score (nSPS) is 15.1. The van der Waals surface area contributed by atoms with Crippen LogP contribution in [0, 0.1) is 5.92 Å². The van der Waals surface area contributed by atoms with E-state index in [4.69, 9.17) is 9.84 Å². The van der Waals surface area contributed by atoms with Gasteiger partial charge in [0.2, 0.25) is 5.91 Å². The lowest BCUT2D eigenvalue weighted by Gasteiger charge is -2.27. The third-order valence-corrected chi connectivity index (χ3v) is 7.27. The number of benzene rings is 2. The zero-order valence-corrected chi connectivity index (χ0v) is 20.8. The predicted octanol–water partition coefficient (Wildman–Crippen LogP) is 4.36. The number of rotatable bonds is 12. The Bertz CT molecular complexity index is 1030. The molecule has 2 aromatic carbocycles. The maximum absolute atomic E-state index is 13.3. The van der Waals surface area contributed by atoms with Crippen molar-refractivity contribution in [3.63, 3.8) is 0 Å². The number of alkyl carbamates (subject to hydrolysis) is 1. The van der Waals surface area contributed by atoms with Crippen LogP contribution in [0.4, 0.5) is 4.79 Å². The second-order valence-electron chi connectivity index (χ2n) is 9.18. The number of fused-ring (bicyclic) bond motifs is 3. The smallest absolute Gasteiger partial charge is 0.407 e. The van der Waals surface area contributed by atoms with Gasteiger partial charge in [-0.05, 0) is 59.4 Å². The Morgan fingerprint density at radius 2 is 1.71 bits per heavy atom. The van der Waals surface area contributed by atoms with Crippen LogP contribution in [-0.2, 0) is 14.3 Å². The van der Waals surface area contributed by atoms with Crippen molar-refractivity contribution in [3.8, 4) is 11.1 Å². The van der Waals surface area contributed by atoms with Gasteiger partial charge < -0.3 is 20.1 Å². The molecule has 2 N–H and O–H groups in total. The average Bonchev–Trinajstić information content (AvgIpc) is 3.63. The van der Waals surface area contributed by atoms with Crippen LogP contribution in [0.2, 0.25) is 0 Å². The molecule has 0 unspecified atom stereocenters. The molecular formula is C27H32N2O5S. The van der Waals surface area contributed by atoms with Gasteiger partial charge in [-0.15, -0.1) is 0 Å². The van der Waals surface area contributed by atoms with Gasteiger partial charge in [0.05, 0.1) is 6.42 Å². The first-order chi connectivity index (χ1) is 17.0. The zero-order chi connectivity index (χ0) is 24.8. The molecule has 4 rings (SSSR count). The summed E-state index contributed by atoms with van der Waals surface area (Å²) in [5.74, 6) is -0.126. The molecule has 0 bridgehead atoms. The molecule has 1 fully saturated rings. The molecule has 1 saturated carbocycles. The van der Waals surface area contributed by atoms with E-state index < -0.39 is 18.1 Å². The number of nitrogens with zero attached hydrogens (tertiary/aromatic N) is 1. The largest absolute Gasteiger partial charge is 0.481 e. The van der Waals surface area contributed by atoms with Crippen LogP contribution in [-0.4, -0.2) is 65.7 Å². The average molecular weight is 497 g/mol. The number of carboxylic acid groups (broad SMARTS) is 1. The van der Waals surface area contributed by atoms with Crippen LogP contribution in [0.3, 0.4) is 0 Å². The molecule has 186 valence electrons. The van der Waals surface area contributed by atoms with Crippen molar-refractivity contribution < 1.29 is 24.2 Å². The highest BCUT2D eigenvalue weighted by atomic mass is 32.2. The molecule has 2 aromatic rings. The summed E-state index contributed by atoms with van der Waals surface area (Å²) >= 11 is 1.59. The molecule has 0 radical (unpaired) electrons. The Kier molecular flexibility index (Phi) is 8.33. The van der Waals surface area contributed by atoms with Crippen molar-refractivity contribution in [2.24, 2.45) is 5.92 Å². The van der Waals surface area contributed by atoms with E-state index in [9.17, 15) is 14.4 Å². The van der Waals surface area contributed by atoms with E-state index in [0.717, 1.165) is 35.1 Å². The van der Waals surface area contributed by atoms with Gasteiger partial charge in [0.15, 0.2) is 0 Å². The van der Waals surface area contributed by atoms with Gasteiger partial charge >= 0.3 is 12.1 Å². The standard InChI is InChI=1S/C27H32N2O5S/c1-35-15-13-24(26(32)29(14-12-25(30)31)16-18-10-11-18)28-27(33)34-17-23-21-8-4-2-6-19(21)20-7-3-5-9-22(20)23/h2-9,18,23-24H,10-17H2,1H3,(H,28,33)(H,30,31)/t24-/m1/s1. The summed E-state index contributed by atoms with van der Waals surface area (Å²) in [5.41, 5.74) is 4.56. The Balaban J connectivity index is 1.41. The minimum atomic E-state index is -0.941. The molecule has 0 saturated heterocycles. The van der Waals surface area contributed by atoms with Gasteiger partial charge in [-0.3, -0.25) is 9.59 Å². The van der Waals surface area contributed by atoms with E-state index in [1.165, 1.54) is 0 Å². The molecule has 35 heavy (non-hydrogen) atoms. The highest BCUT2D eigenvalue weighted by Crippen LogP contribution is 2.44. The third-order valence-electron chi connectivity index (χ3n) is 6.63. The van der Waals surface area contributed by atoms with Gasteiger partial charge in [0.1, 0.15) is 12.6 Å². The molecule has 7 nitrogen and oxygen atoms in total. The molecule has 2 amide bonds. The van der Waals surface area contributed by atoms with E-state index in [0.29, 0.717) is 24.6 Å². The fourth-order valence-electron chi connectivity index (χ4n) is 4.63. The monoisotopic (exact) mass is 496 g/mol. The van der Waals surface area contributed by atoms with Crippen molar-refractivity contribution in [1.82, 2.24) is 10.2 Å². The lowest BCUT2D eigenvalue weighted by molar-refractivity contribution is -0.139. The number of amides is 2. The summed E-state index contributed by atoms with van der Waals surface area (Å²) in [6.45, 7) is 0.856. The summed E-state index contributed by atoms with van der Waals surface area (Å²) in [4.78, 5) is 38.8. The van der Waals surface area contributed by atoms with Crippen LogP contribution in [0.5, 0.6) is 0 Å². The fraction of sp³-hybridized carbons (Fsp3) is 0.444. The number of carbonyl (C=O) groups is 3. The number of aliphatic carboxylic acids is 1. The van der Waals surface area contributed by atoms with Gasteiger partial charge in [-0.2, -0.15) is 11.8 Å². The summed E-state index contributed by atoms with van der Waals surface area (Å²) < 4.78 is 5.65. The number of ether oxygens (including phenoxy) is 1. The Labute approximate surface area is 210 Å². The second-order valence-corrected chi connectivity index (χ2v) is 10.2. The van der Waals surface area contributed by atoms with E-state index in [1.807, 2.05) is 30.5 Å². The Morgan fingerprint density at radius 3 is 2.29 bits per heavy atom. The second kappa shape index (κ2) is 11.6. The van der Waals surface area contributed by atoms with E-state index >= 15 is 0 Å². The maximum Gasteiger partial charge on any atom is 0.407 e. The third kappa shape index (κ3) is 6.36. The Morgan fingerprint density at radius 1 is 1.09 bits per heavy atom. The van der Waals surface area contributed by atoms with E-state index in [1.54, 1.807) is 16.7 Å². The van der Waals surface area contributed by atoms with E-state index in [2.05, 4.69) is 29.6 Å². The van der Waals surface area contributed by atoms with Crippen LogP contribution in [0.1, 0.15) is 42.7 Å². The van der Waals surface area contributed by atoms with Crippen molar-refractivity contribution in [3.05, 3.63) is 59.7 Å². The summed E-state index contributed by atoms with van der Waals surface area (Å²) in [7, 11) is 0. The topological polar surface area (TPSA) is 95.9 Å². The molecule has 0 spiro atoms. The highest BCUT2D eigenvalue weighted by Gasteiger charge is 2.33. The summed E-state index contributed by atoms with van der Waals surface area (Å²) in [6, 6.07) is 15.5. The number of carbonyl (C=O) groups excluding carboxylic acids is 2. The molecule has 0 aliphatic heterocycles. The first kappa shape index (κ1) is 25.1. The zero-order valence-electron chi connectivity index (χ0n) is 19.9. The quantitative estimate of drug-likeness (QED) is 0.453.